The van der Waals surface area contributed by atoms with Crippen LogP contribution in [-0.2, 0) is 0 Å². The Kier molecular flexibility index (Phi) is 5.81. The molecule has 152 valence electrons. The standard InChI is InChI=1S/C23H28N4O2/c1-17-8-9-18(2)20(15-17)27-21(16-19(25-27)22-7-6-14-29-22)23(28)24-10-13-26-11-4-3-5-12-26/h6-9,14-16H,3-5,10-13H2,1-2H3,(H,24,28). The molecule has 0 atom stereocenters. The maximum Gasteiger partial charge on any atom is 0.270 e. The van der Waals surface area contributed by atoms with E-state index < -0.39 is 0 Å². The summed E-state index contributed by atoms with van der Waals surface area (Å²) < 4.78 is 7.24. The van der Waals surface area contributed by atoms with Gasteiger partial charge < -0.3 is 14.6 Å². The van der Waals surface area contributed by atoms with Gasteiger partial charge in [-0.1, -0.05) is 18.6 Å². The summed E-state index contributed by atoms with van der Waals surface area (Å²) in [7, 11) is 0. The predicted octanol–water partition coefficient (Wildman–Crippen LogP) is 3.96. The highest BCUT2D eigenvalue weighted by Crippen LogP contribution is 2.24. The summed E-state index contributed by atoms with van der Waals surface area (Å²) in [6, 6.07) is 11.7. The smallest absolute Gasteiger partial charge is 0.270 e. The molecular weight excluding hydrogens is 364 g/mol. The van der Waals surface area contributed by atoms with Crippen LogP contribution in [0.1, 0.15) is 40.9 Å². The van der Waals surface area contributed by atoms with Crippen molar-refractivity contribution in [2.45, 2.75) is 33.1 Å². The molecule has 0 aliphatic carbocycles. The van der Waals surface area contributed by atoms with Crippen molar-refractivity contribution in [2.75, 3.05) is 26.2 Å². The highest BCUT2D eigenvalue weighted by Gasteiger charge is 2.20. The lowest BCUT2D eigenvalue weighted by atomic mass is 10.1. The van der Waals surface area contributed by atoms with E-state index >= 15 is 0 Å². The molecule has 3 heterocycles. The van der Waals surface area contributed by atoms with Crippen LogP contribution in [0.5, 0.6) is 0 Å². The van der Waals surface area contributed by atoms with Crippen molar-refractivity contribution in [3.8, 4) is 17.1 Å². The van der Waals surface area contributed by atoms with E-state index in [-0.39, 0.29) is 5.91 Å². The molecule has 2 aromatic heterocycles. The van der Waals surface area contributed by atoms with Crippen molar-refractivity contribution in [3.05, 3.63) is 59.5 Å². The molecule has 6 heteroatoms. The van der Waals surface area contributed by atoms with Gasteiger partial charge in [0.15, 0.2) is 5.76 Å². The van der Waals surface area contributed by atoms with Gasteiger partial charge in [0.05, 0.1) is 12.0 Å². The molecule has 1 N–H and O–H groups in total. The second-order valence-corrected chi connectivity index (χ2v) is 7.75. The normalized spacial score (nSPS) is 14.8. The molecule has 1 fully saturated rings. The summed E-state index contributed by atoms with van der Waals surface area (Å²) in [5.74, 6) is 0.532. The fraction of sp³-hybridized carbons (Fsp3) is 0.391. The highest BCUT2D eigenvalue weighted by atomic mass is 16.3. The maximum absolute atomic E-state index is 13.0. The lowest BCUT2D eigenvalue weighted by Gasteiger charge is -2.26. The lowest BCUT2D eigenvalue weighted by molar-refractivity contribution is 0.0939. The SMILES string of the molecule is Cc1ccc(C)c(-n2nc(-c3ccco3)cc2C(=O)NCCN2CCCCC2)c1. The molecule has 1 saturated heterocycles. The molecule has 0 unspecified atom stereocenters. The van der Waals surface area contributed by atoms with Crippen molar-refractivity contribution in [3.63, 3.8) is 0 Å². The second kappa shape index (κ2) is 8.66. The fourth-order valence-corrected chi connectivity index (χ4v) is 3.82. The molecule has 1 aliphatic heterocycles. The Morgan fingerprint density at radius 2 is 1.97 bits per heavy atom. The zero-order valence-corrected chi connectivity index (χ0v) is 17.1. The van der Waals surface area contributed by atoms with Crippen LogP contribution in [0.3, 0.4) is 0 Å². The van der Waals surface area contributed by atoms with Gasteiger partial charge in [0.2, 0.25) is 0 Å². The zero-order valence-electron chi connectivity index (χ0n) is 17.1. The molecule has 29 heavy (non-hydrogen) atoms. The third kappa shape index (κ3) is 4.43. The van der Waals surface area contributed by atoms with E-state index in [1.54, 1.807) is 17.0 Å². The van der Waals surface area contributed by atoms with Gasteiger partial charge in [0.25, 0.3) is 5.91 Å². The van der Waals surface area contributed by atoms with Crippen LogP contribution in [0.25, 0.3) is 17.1 Å². The minimum absolute atomic E-state index is 0.117. The van der Waals surface area contributed by atoms with Gasteiger partial charge in [0.1, 0.15) is 11.4 Å². The third-order valence-electron chi connectivity index (χ3n) is 5.47. The second-order valence-electron chi connectivity index (χ2n) is 7.75. The summed E-state index contributed by atoms with van der Waals surface area (Å²) in [4.78, 5) is 15.5. The molecule has 3 aromatic rings. The van der Waals surface area contributed by atoms with E-state index in [2.05, 4.69) is 28.4 Å². The van der Waals surface area contributed by atoms with Crippen LogP contribution in [-0.4, -0.2) is 46.8 Å². The average Bonchev–Trinajstić information content (AvgIpc) is 3.40. The Morgan fingerprint density at radius 3 is 2.72 bits per heavy atom. The number of amides is 1. The Labute approximate surface area is 171 Å². The number of aryl methyl sites for hydroxylation is 2. The Morgan fingerprint density at radius 1 is 1.14 bits per heavy atom. The van der Waals surface area contributed by atoms with Crippen LogP contribution in [0.15, 0.2) is 47.1 Å². The summed E-state index contributed by atoms with van der Waals surface area (Å²) in [5, 5.41) is 7.77. The maximum atomic E-state index is 13.0. The minimum Gasteiger partial charge on any atom is -0.463 e. The van der Waals surface area contributed by atoms with Crippen molar-refractivity contribution in [2.24, 2.45) is 0 Å². The van der Waals surface area contributed by atoms with Crippen LogP contribution >= 0.6 is 0 Å². The Balaban J connectivity index is 1.58. The number of furan rings is 1. The first-order valence-corrected chi connectivity index (χ1v) is 10.3. The van der Waals surface area contributed by atoms with Crippen molar-refractivity contribution in [1.29, 1.82) is 0 Å². The molecule has 0 radical (unpaired) electrons. The third-order valence-corrected chi connectivity index (χ3v) is 5.47. The van der Waals surface area contributed by atoms with Gasteiger partial charge in [-0.15, -0.1) is 0 Å². The topological polar surface area (TPSA) is 63.3 Å². The largest absolute Gasteiger partial charge is 0.463 e. The van der Waals surface area contributed by atoms with Gasteiger partial charge in [-0.05, 0) is 69.1 Å². The number of likely N-dealkylation sites (tertiary alicyclic amines) is 1. The number of nitrogens with one attached hydrogen (secondary N) is 1. The van der Waals surface area contributed by atoms with E-state index in [1.165, 1.54) is 19.3 Å². The van der Waals surface area contributed by atoms with E-state index in [0.29, 0.717) is 23.7 Å². The molecular formula is C23H28N4O2. The minimum atomic E-state index is -0.117. The number of hydrogen-bond donors (Lipinski definition) is 1. The number of piperidine rings is 1. The number of aromatic nitrogens is 2. The first-order chi connectivity index (χ1) is 14.1. The summed E-state index contributed by atoms with van der Waals surface area (Å²) in [6.07, 6.45) is 5.43. The molecule has 1 aliphatic rings. The average molecular weight is 393 g/mol. The summed E-state index contributed by atoms with van der Waals surface area (Å²) in [6.45, 7) is 7.83. The van der Waals surface area contributed by atoms with Crippen LogP contribution in [0.4, 0.5) is 0 Å². The first-order valence-electron chi connectivity index (χ1n) is 10.3. The van der Waals surface area contributed by atoms with E-state index in [9.17, 15) is 4.79 Å². The van der Waals surface area contributed by atoms with Crippen molar-refractivity contribution in [1.82, 2.24) is 20.0 Å². The molecule has 0 spiro atoms. The number of carbonyl (C=O) groups is 1. The zero-order chi connectivity index (χ0) is 20.2. The van der Waals surface area contributed by atoms with E-state index in [4.69, 9.17) is 9.52 Å². The lowest BCUT2D eigenvalue weighted by Crippen LogP contribution is -2.38. The number of nitrogens with zero attached hydrogens (tertiary/aromatic N) is 3. The Bertz CT molecular complexity index is 969. The van der Waals surface area contributed by atoms with Crippen LogP contribution in [0.2, 0.25) is 0 Å². The summed E-state index contributed by atoms with van der Waals surface area (Å²) >= 11 is 0. The summed E-state index contributed by atoms with van der Waals surface area (Å²) in [5.41, 5.74) is 4.26. The molecule has 1 aromatic carbocycles. The molecule has 0 bridgehead atoms. The number of carbonyl (C=O) groups excluding carboxylic acids is 1. The van der Waals surface area contributed by atoms with Crippen LogP contribution in [0, 0.1) is 13.8 Å². The molecule has 0 saturated carbocycles. The molecule has 1 amide bonds. The molecule has 6 nitrogen and oxygen atoms in total. The number of benzene rings is 1. The van der Waals surface area contributed by atoms with Crippen LogP contribution < -0.4 is 5.32 Å². The fourth-order valence-electron chi connectivity index (χ4n) is 3.82. The van der Waals surface area contributed by atoms with E-state index in [0.717, 1.165) is 36.4 Å². The highest BCUT2D eigenvalue weighted by molar-refractivity contribution is 5.94. The van der Waals surface area contributed by atoms with Gasteiger partial charge in [-0.25, -0.2) is 4.68 Å². The van der Waals surface area contributed by atoms with E-state index in [1.807, 2.05) is 26.0 Å². The predicted molar refractivity (Wildman–Crippen MR) is 113 cm³/mol. The number of hydrogen-bond acceptors (Lipinski definition) is 4. The quantitative estimate of drug-likeness (QED) is 0.690. The van der Waals surface area contributed by atoms with Gasteiger partial charge in [0, 0.05) is 19.2 Å². The van der Waals surface area contributed by atoms with Gasteiger partial charge in [-0.3, -0.25) is 4.79 Å². The van der Waals surface area contributed by atoms with Crippen molar-refractivity contribution < 1.29 is 9.21 Å². The molecule has 4 rings (SSSR count). The van der Waals surface area contributed by atoms with Gasteiger partial charge >= 0.3 is 0 Å². The monoisotopic (exact) mass is 392 g/mol. The van der Waals surface area contributed by atoms with Gasteiger partial charge in [-0.2, -0.15) is 5.10 Å². The Hall–Kier alpha value is -2.86. The van der Waals surface area contributed by atoms with Crippen molar-refractivity contribution >= 4 is 5.91 Å². The number of rotatable bonds is 6. The first kappa shape index (κ1) is 19.5.